The first kappa shape index (κ1) is 14.1. The van der Waals surface area contributed by atoms with E-state index in [-0.39, 0.29) is 5.78 Å². The Hall–Kier alpha value is -1.35. The molecule has 1 saturated carbocycles. The summed E-state index contributed by atoms with van der Waals surface area (Å²) < 4.78 is 11.2. The Balaban J connectivity index is 1.63. The number of hydrogen-bond donors (Lipinski definition) is 0. The highest BCUT2D eigenvalue weighted by Crippen LogP contribution is 2.29. The fourth-order valence-electron chi connectivity index (χ4n) is 2.23. The van der Waals surface area contributed by atoms with Gasteiger partial charge in [-0.25, -0.2) is 0 Å². The lowest BCUT2D eigenvalue weighted by Gasteiger charge is -2.24. The molecule has 0 bridgehead atoms. The molecule has 1 aromatic carbocycles. The van der Waals surface area contributed by atoms with Gasteiger partial charge in [0.25, 0.3) is 0 Å². The number of hydrogen-bond acceptors (Lipinski definition) is 3. The van der Waals surface area contributed by atoms with Crippen LogP contribution < -0.4 is 4.74 Å². The maximum Gasteiger partial charge on any atom is 0.163 e. The monoisotopic (exact) mass is 262 g/mol. The Morgan fingerprint density at radius 2 is 2.00 bits per heavy atom. The van der Waals surface area contributed by atoms with Crippen LogP contribution in [0.5, 0.6) is 5.75 Å². The molecule has 104 valence electrons. The van der Waals surface area contributed by atoms with Gasteiger partial charge in [-0.3, -0.25) is 4.79 Å². The summed E-state index contributed by atoms with van der Waals surface area (Å²) in [5.41, 5.74) is 0.636. The van der Waals surface area contributed by atoms with Crippen LogP contribution in [0, 0.1) is 5.92 Å². The number of ketones is 1. The lowest BCUT2D eigenvalue weighted by atomic mass is 9.83. The highest BCUT2D eigenvalue weighted by molar-refractivity contribution is 5.96. The van der Waals surface area contributed by atoms with Crippen molar-refractivity contribution in [1.29, 1.82) is 0 Å². The van der Waals surface area contributed by atoms with E-state index in [9.17, 15) is 4.79 Å². The zero-order valence-corrected chi connectivity index (χ0v) is 11.6. The molecule has 3 nitrogen and oxygen atoms in total. The zero-order valence-electron chi connectivity index (χ0n) is 11.6. The van der Waals surface area contributed by atoms with Gasteiger partial charge in [-0.15, -0.1) is 0 Å². The third kappa shape index (κ3) is 4.35. The predicted octanol–water partition coefficient (Wildman–Crippen LogP) is 3.47. The average Bonchev–Trinajstić information content (AvgIpc) is 2.36. The molecule has 1 aliphatic rings. The van der Waals surface area contributed by atoms with Gasteiger partial charge in [0.1, 0.15) is 12.4 Å². The van der Waals surface area contributed by atoms with Gasteiger partial charge in [-0.05, 0) is 31.4 Å². The Labute approximate surface area is 114 Å². The van der Waals surface area contributed by atoms with Gasteiger partial charge in [0.15, 0.2) is 5.78 Å². The number of para-hydroxylation sites is 1. The summed E-state index contributed by atoms with van der Waals surface area (Å²) in [7, 11) is 0. The largest absolute Gasteiger partial charge is 0.490 e. The van der Waals surface area contributed by atoms with E-state index in [1.807, 2.05) is 18.2 Å². The molecule has 1 aliphatic carbocycles. The quantitative estimate of drug-likeness (QED) is 0.531. The van der Waals surface area contributed by atoms with Crippen molar-refractivity contribution in [3.8, 4) is 5.75 Å². The van der Waals surface area contributed by atoms with Crippen molar-refractivity contribution in [2.75, 3.05) is 19.8 Å². The lowest BCUT2D eigenvalue weighted by Crippen LogP contribution is -2.15. The maximum absolute atomic E-state index is 11.4. The molecule has 19 heavy (non-hydrogen) atoms. The van der Waals surface area contributed by atoms with Crippen LogP contribution in [0.1, 0.15) is 43.0 Å². The predicted molar refractivity (Wildman–Crippen MR) is 74.7 cm³/mol. The molecule has 3 heteroatoms. The molecule has 0 radical (unpaired) electrons. The molecule has 0 aromatic heterocycles. The van der Waals surface area contributed by atoms with Gasteiger partial charge in [0.05, 0.1) is 12.2 Å². The van der Waals surface area contributed by atoms with Gasteiger partial charge in [0.2, 0.25) is 0 Å². The Bertz CT molecular complexity index is 410. The van der Waals surface area contributed by atoms with E-state index in [1.54, 1.807) is 13.0 Å². The van der Waals surface area contributed by atoms with Crippen LogP contribution >= 0.6 is 0 Å². The SMILES string of the molecule is CC(=O)c1ccccc1OCCOCCC1CCC1. The van der Waals surface area contributed by atoms with Gasteiger partial charge >= 0.3 is 0 Å². The second-order valence-corrected chi connectivity index (χ2v) is 5.10. The van der Waals surface area contributed by atoms with Crippen molar-refractivity contribution in [1.82, 2.24) is 0 Å². The Morgan fingerprint density at radius 3 is 2.68 bits per heavy atom. The highest BCUT2D eigenvalue weighted by Gasteiger charge is 2.16. The summed E-state index contributed by atoms with van der Waals surface area (Å²) in [5, 5.41) is 0. The number of carbonyl (C=O) groups excluding carboxylic acids is 1. The minimum atomic E-state index is 0.0292. The van der Waals surface area contributed by atoms with Crippen LogP contribution in [0.25, 0.3) is 0 Å². The highest BCUT2D eigenvalue weighted by atomic mass is 16.5. The van der Waals surface area contributed by atoms with E-state index in [2.05, 4.69) is 0 Å². The smallest absolute Gasteiger partial charge is 0.163 e. The number of ether oxygens (including phenoxy) is 2. The van der Waals surface area contributed by atoms with E-state index < -0.39 is 0 Å². The summed E-state index contributed by atoms with van der Waals surface area (Å²) in [4.78, 5) is 11.4. The van der Waals surface area contributed by atoms with E-state index in [0.29, 0.717) is 24.5 Å². The van der Waals surface area contributed by atoms with E-state index in [0.717, 1.165) is 12.5 Å². The number of rotatable bonds is 8. The van der Waals surface area contributed by atoms with Gasteiger partial charge in [-0.2, -0.15) is 0 Å². The molecular formula is C16H22O3. The molecule has 0 saturated heterocycles. The molecule has 0 amide bonds. The molecule has 0 N–H and O–H groups in total. The summed E-state index contributed by atoms with van der Waals surface area (Å²) in [6.07, 6.45) is 5.29. The number of carbonyl (C=O) groups is 1. The average molecular weight is 262 g/mol. The van der Waals surface area contributed by atoms with Gasteiger partial charge in [-0.1, -0.05) is 31.4 Å². The third-order valence-electron chi connectivity index (χ3n) is 3.65. The molecule has 0 aliphatic heterocycles. The molecule has 0 heterocycles. The summed E-state index contributed by atoms with van der Waals surface area (Å²) in [6.45, 7) is 3.45. The second kappa shape index (κ2) is 7.29. The minimum absolute atomic E-state index is 0.0292. The van der Waals surface area contributed by atoms with Crippen molar-refractivity contribution >= 4 is 5.78 Å². The molecule has 0 spiro atoms. The third-order valence-corrected chi connectivity index (χ3v) is 3.65. The standard InChI is InChI=1S/C16H22O3/c1-13(17)15-7-2-3-8-16(15)19-12-11-18-10-9-14-5-4-6-14/h2-3,7-8,14H,4-6,9-12H2,1H3. The fraction of sp³-hybridized carbons (Fsp3) is 0.562. The molecule has 0 atom stereocenters. The van der Waals surface area contributed by atoms with Crippen LogP contribution in [0.4, 0.5) is 0 Å². The molecule has 1 fully saturated rings. The van der Waals surface area contributed by atoms with Crippen molar-refractivity contribution in [3.63, 3.8) is 0 Å². The second-order valence-electron chi connectivity index (χ2n) is 5.10. The van der Waals surface area contributed by atoms with Crippen LogP contribution in [0.3, 0.4) is 0 Å². The van der Waals surface area contributed by atoms with E-state index in [1.165, 1.54) is 25.7 Å². The number of benzene rings is 1. The molecule has 2 rings (SSSR count). The van der Waals surface area contributed by atoms with E-state index in [4.69, 9.17) is 9.47 Å². The maximum atomic E-state index is 11.4. The first-order valence-corrected chi connectivity index (χ1v) is 7.08. The zero-order chi connectivity index (χ0) is 13.5. The van der Waals surface area contributed by atoms with Crippen LogP contribution in [-0.2, 0) is 4.74 Å². The first-order valence-electron chi connectivity index (χ1n) is 7.08. The van der Waals surface area contributed by atoms with E-state index >= 15 is 0 Å². The van der Waals surface area contributed by atoms with Crippen molar-refractivity contribution in [3.05, 3.63) is 29.8 Å². The fourth-order valence-corrected chi connectivity index (χ4v) is 2.23. The molecular weight excluding hydrogens is 240 g/mol. The minimum Gasteiger partial charge on any atom is -0.490 e. The summed E-state index contributed by atoms with van der Waals surface area (Å²) in [5.74, 6) is 1.57. The van der Waals surface area contributed by atoms with Crippen molar-refractivity contribution < 1.29 is 14.3 Å². The Kier molecular flexibility index (Phi) is 5.40. The Morgan fingerprint density at radius 1 is 1.21 bits per heavy atom. The van der Waals surface area contributed by atoms with Crippen LogP contribution in [0.2, 0.25) is 0 Å². The molecule has 1 aromatic rings. The van der Waals surface area contributed by atoms with Crippen molar-refractivity contribution in [2.45, 2.75) is 32.6 Å². The lowest BCUT2D eigenvalue weighted by molar-refractivity contribution is 0.0804. The normalized spacial score (nSPS) is 15.0. The van der Waals surface area contributed by atoms with Gasteiger partial charge < -0.3 is 9.47 Å². The first-order chi connectivity index (χ1) is 9.27. The van der Waals surface area contributed by atoms with Crippen LogP contribution in [-0.4, -0.2) is 25.6 Å². The number of Topliss-reactive ketones (excluding diaryl/α,β-unsaturated/α-hetero) is 1. The van der Waals surface area contributed by atoms with Crippen molar-refractivity contribution in [2.24, 2.45) is 5.92 Å². The van der Waals surface area contributed by atoms with Gasteiger partial charge in [0, 0.05) is 6.61 Å². The topological polar surface area (TPSA) is 35.5 Å². The summed E-state index contributed by atoms with van der Waals surface area (Å²) >= 11 is 0. The molecule has 0 unspecified atom stereocenters. The van der Waals surface area contributed by atoms with Crippen LogP contribution in [0.15, 0.2) is 24.3 Å². The summed E-state index contributed by atoms with van der Waals surface area (Å²) in [6, 6.07) is 7.33.